The molecule has 34 heavy (non-hydrogen) atoms. The number of hydrogen-bond donors (Lipinski definition) is 2. The van der Waals surface area contributed by atoms with Gasteiger partial charge in [-0.1, -0.05) is 6.07 Å². The Morgan fingerprint density at radius 1 is 0.882 bits per heavy atom. The van der Waals surface area contributed by atoms with Crippen LogP contribution in [0.1, 0.15) is 55.3 Å². The topological polar surface area (TPSA) is 101 Å². The molecule has 0 fully saturated rings. The number of nitrogens with zero attached hydrogens (tertiary/aromatic N) is 2. The van der Waals surface area contributed by atoms with Crippen LogP contribution in [-0.2, 0) is 4.74 Å². The van der Waals surface area contributed by atoms with E-state index in [4.69, 9.17) is 4.74 Å². The molecule has 0 radical (unpaired) electrons. The Bertz CT molecular complexity index is 1200. The molecular formula is C26H30N4O4. The number of aromatic nitrogens is 1. The highest BCUT2D eigenvalue weighted by Gasteiger charge is 2.17. The van der Waals surface area contributed by atoms with E-state index < -0.39 is 11.7 Å². The Labute approximate surface area is 199 Å². The zero-order chi connectivity index (χ0) is 24.9. The Balaban J connectivity index is 1.68. The van der Waals surface area contributed by atoms with Crippen LogP contribution in [0.25, 0.3) is 10.9 Å². The van der Waals surface area contributed by atoms with Gasteiger partial charge in [-0.25, -0.2) is 4.79 Å². The lowest BCUT2D eigenvalue weighted by atomic mass is 10.1. The summed E-state index contributed by atoms with van der Waals surface area (Å²) in [5.74, 6) is -0.352. The zero-order valence-corrected chi connectivity index (χ0v) is 20.1. The normalized spacial score (nSPS) is 11.1. The summed E-state index contributed by atoms with van der Waals surface area (Å²) >= 11 is 0. The van der Waals surface area contributed by atoms with Gasteiger partial charge in [-0.05, 0) is 77.1 Å². The number of carbonyl (C=O) groups excluding carboxylic acids is 3. The zero-order valence-electron chi connectivity index (χ0n) is 20.1. The molecule has 3 aromatic rings. The maximum absolute atomic E-state index is 12.7. The van der Waals surface area contributed by atoms with Crippen molar-refractivity contribution < 1.29 is 19.1 Å². The molecule has 2 N–H and O–H groups in total. The summed E-state index contributed by atoms with van der Waals surface area (Å²) in [6.07, 6.45) is 0.931. The molecular weight excluding hydrogens is 432 g/mol. The summed E-state index contributed by atoms with van der Waals surface area (Å²) in [5, 5.41) is 6.26. The van der Waals surface area contributed by atoms with Gasteiger partial charge in [-0.2, -0.15) is 0 Å². The fourth-order valence-corrected chi connectivity index (χ4v) is 3.34. The summed E-state index contributed by atoms with van der Waals surface area (Å²) < 4.78 is 5.26. The summed E-state index contributed by atoms with van der Waals surface area (Å²) in [4.78, 5) is 43.2. The molecule has 8 nitrogen and oxygen atoms in total. The minimum absolute atomic E-state index is 0.0397. The number of pyridine rings is 1. The van der Waals surface area contributed by atoms with Crippen LogP contribution in [0.5, 0.6) is 0 Å². The van der Waals surface area contributed by atoms with Crippen LogP contribution in [0.3, 0.4) is 0 Å². The first-order chi connectivity index (χ1) is 16.1. The third-order valence-corrected chi connectivity index (χ3v) is 5.03. The number of fused-ring (bicyclic) bond motifs is 1. The number of benzene rings is 2. The van der Waals surface area contributed by atoms with Gasteiger partial charge < -0.3 is 15.0 Å². The number of ether oxygens (including phenoxy) is 1. The van der Waals surface area contributed by atoms with Crippen LogP contribution in [0, 0.1) is 0 Å². The van der Waals surface area contributed by atoms with Gasteiger partial charge in [0.1, 0.15) is 5.60 Å². The third kappa shape index (κ3) is 6.31. The largest absolute Gasteiger partial charge is 0.444 e. The fraction of sp³-hybridized carbons (Fsp3) is 0.308. The van der Waals surface area contributed by atoms with Crippen LogP contribution >= 0.6 is 0 Å². The van der Waals surface area contributed by atoms with Gasteiger partial charge in [0, 0.05) is 41.6 Å². The van der Waals surface area contributed by atoms with Crippen molar-refractivity contribution in [2.45, 2.75) is 40.2 Å². The number of nitrogens with one attached hydrogen (secondary N) is 2. The molecule has 178 valence electrons. The van der Waals surface area contributed by atoms with Gasteiger partial charge >= 0.3 is 6.09 Å². The summed E-state index contributed by atoms with van der Waals surface area (Å²) in [5.41, 5.74) is 2.13. The number of carbonyl (C=O) groups is 3. The lowest BCUT2D eigenvalue weighted by Gasteiger charge is -2.19. The fourth-order valence-electron chi connectivity index (χ4n) is 3.34. The van der Waals surface area contributed by atoms with Crippen LogP contribution in [0.2, 0.25) is 0 Å². The molecule has 0 atom stereocenters. The smallest absolute Gasteiger partial charge is 0.412 e. The first kappa shape index (κ1) is 24.7. The van der Waals surface area contributed by atoms with E-state index in [1.807, 2.05) is 13.8 Å². The molecule has 0 aliphatic carbocycles. The number of rotatable bonds is 6. The van der Waals surface area contributed by atoms with E-state index in [0.717, 1.165) is 5.39 Å². The van der Waals surface area contributed by atoms with Gasteiger partial charge in [0.2, 0.25) is 0 Å². The Hall–Kier alpha value is -3.94. The average Bonchev–Trinajstić information content (AvgIpc) is 2.78. The van der Waals surface area contributed by atoms with Gasteiger partial charge in [0.25, 0.3) is 11.8 Å². The Morgan fingerprint density at radius 2 is 1.53 bits per heavy atom. The summed E-state index contributed by atoms with van der Waals surface area (Å²) in [6, 6.07) is 13.8. The monoisotopic (exact) mass is 462 g/mol. The molecule has 3 amide bonds. The second-order valence-corrected chi connectivity index (χ2v) is 8.77. The predicted molar refractivity (Wildman–Crippen MR) is 133 cm³/mol. The quantitative estimate of drug-likeness (QED) is 0.517. The van der Waals surface area contributed by atoms with Crippen molar-refractivity contribution in [1.82, 2.24) is 9.88 Å². The predicted octanol–water partition coefficient (Wildman–Crippen LogP) is 5.32. The molecule has 0 saturated heterocycles. The molecule has 0 bridgehead atoms. The lowest BCUT2D eigenvalue weighted by Crippen LogP contribution is -2.30. The van der Waals surface area contributed by atoms with Crippen molar-refractivity contribution in [3.8, 4) is 0 Å². The van der Waals surface area contributed by atoms with E-state index >= 15 is 0 Å². The van der Waals surface area contributed by atoms with E-state index in [-0.39, 0.29) is 11.8 Å². The molecule has 2 aromatic carbocycles. The van der Waals surface area contributed by atoms with Crippen LogP contribution in [0.15, 0.2) is 54.7 Å². The first-order valence-electron chi connectivity index (χ1n) is 11.2. The van der Waals surface area contributed by atoms with Gasteiger partial charge in [0.05, 0.1) is 11.1 Å². The number of amides is 3. The Kier molecular flexibility index (Phi) is 7.50. The van der Waals surface area contributed by atoms with Crippen molar-refractivity contribution in [1.29, 1.82) is 0 Å². The van der Waals surface area contributed by atoms with E-state index in [1.54, 1.807) is 74.2 Å². The highest BCUT2D eigenvalue weighted by molar-refractivity contribution is 6.06. The standard InChI is InChI=1S/C26H30N4O4/c1-6-30(7-2)24(32)17-8-11-20(12-9-17)28-23(31)19-14-18-10-13-21(15-22(18)27-16-19)29-25(33)34-26(3,4)5/h8-16H,6-7H2,1-5H3,(H,28,31)(H,29,33). The van der Waals surface area contributed by atoms with Crippen LogP contribution in [0.4, 0.5) is 16.2 Å². The van der Waals surface area contributed by atoms with Gasteiger partial charge in [-0.15, -0.1) is 0 Å². The van der Waals surface area contributed by atoms with Crippen molar-refractivity contribution in [2.75, 3.05) is 23.7 Å². The molecule has 0 unspecified atom stereocenters. The molecule has 0 saturated carbocycles. The van der Waals surface area contributed by atoms with E-state index in [9.17, 15) is 14.4 Å². The van der Waals surface area contributed by atoms with Crippen molar-refractivity contribution >= 4 is 40.2 Å². The molecule has 8 heteroatoms. The molecule has 1 heterocycles. The lowest BCUT2D eigenvalue weighted by molar-refractivity contribution is 0.0635. The maximum Gasteiger partial charge on any atom is 0.412 e. The Morgan fingerprint density at radius 3 is 2.15 bits per heavy atom. The second kappa shape index (κ2) is 10.3. The molecule has 3 rings (SSSR count). The van der Waals surface area contributed by atoms with Gasteiger partial charge in [0.15, 0.2) is 0 Å². The minimum Gasteiger partial charge on any atom is -0.444 e. The average molecular weight is 463 g/mol. The van der Waals surface area contributed by atoms with Gasteiger partial charge in [-0.3, -0.25) is 19.9 Å². The molecule has 0 spiro atoms. The maximum atomic E-state index is 12.7. The number of anilines is 2. The van der Waals surface area contributed by atoms with Crippen LogP contribution in [-0.4, -0.2) is 46.5 Å². The molecule has 1 aromatic heterocycles. The number of hydrogen-bond acceptors (Lipinski definition) is 5. The van der Waals surface area contributed by atoms with E-state index in [1.165, 1.54) is 6.20 Å². The first-order valence-corrected chi connectivity index (χ1v) is 11.2. The summed E-state index contributed by atoms with van der Waals surface area (Å²) in [6.45, 7) is 10.5. The highest BCUT2D eigenvalue weighted by Crippen LogP contribution is 2.20. The summed E-state index contributed by atoms with van der Waals surface area (Å²) in [7, 11) is 0. The minimum atomic E-state index is -0.595. The highest BCUT2D eigenvalue weighted by atomic mass is 16.6. The van der Waals surface area contributed by atoms with E-state index in [0.29, 0.717) is 41.1 Å². The SMILES string of the molecule is CCN(CC)C(=O)c1ccc(NC(=O)c2cnc3cc(NC(=O)OC(C)(C)C)ccc3c2)cc1. The molecule has 0 aliphatic rings. The van der Waals surface area contributed by atoms with Crippen molar-refractivity contribution in [3.63, 3.8) is 0 Å². The molecule has 0 aliphatic heterocycles. The second-order valence-electron chi connectivity index (χ2n) is 8.77. The third-order valence-electron chi connectivity index (χ3n) is 5.03. The van der Waals surface area contributed by atoms with E-state index in [2.05, 4.69) is 15.6 Å². The van der Waals surface area contributed by atoms with Crippen molar-refractivity contribution in [3.05, 3.63) is 65.9 Å². The van der Waals surface area contributed by atoms with Crippen molar-refractivity contribution in [2.24, 2.45) is 0 Å². The van der Waals surface area contributed by atoms with Crippen LogP contribution < -0.4 is 10.6 Å².